The van der Waals surface area contributed by atoms with Crippen molar-refractivity contribution in [1.29, 1.82) is 0 Å². The van der Waals surface area contributed by atoms with E-state index in [9.17, 15) is 49.0 Å². The zero-order valence-electron chi connectivity index (χ0n) is 39.4. The monoisotopic (exact) mass is 944 g/mol. The van der Waals surface area contributed by atoms with Crippen molar-refractivity contribution in [2.75, 3.05) is 26.1 Å². The Hall–Kier alpha value is -3.24. The van der Waals surface area contributed by atoms with Crippen LogP contribution in [-0.4, -0.2) is 87.8 Å². The number of ether oxygens (including phenoxy) is 2. The largest absolute Gasteiger partial charge is 1.00 e. The summed E-state index contributed by atoms with van der Waals surface area (Å²) >= 11 is 5.74. The SMILES string of the molecule is CC(C)Cn1c(Cl)c([N+](=O)[O-])c(=O)n(C)c1=O.CCC(N)C(=O)OC.COC(=O)C(CO[Si](C)(C)C(C)(C)C)Nc1c([N+](=O)[O-])c(=O)n(C)c(=O)n1CC(C)C.O=CO[O-].[H-].[Na+].[Na+]. The van der Waals surface area contributed by atoms with Crippen molar-refractivity contribution in [2.45, 2.75) is 105 Å². The fourth-order valence-electron chi connectivity index (χ4n) is 4.30. The second kappa shape index (κ2) is 30.0. The molecule has 2 aromatic heterocycles. The van der Waals surface area contributed by atoms with Gasteiger partial charge in [-0.1, -0.05) is 67.0 Å². The van der Waals surface area contributed by atoms with Gasteiger partial charge in [0.05, 0.1) is 30.7 Å². The van der Waals surface area contributed by atoms with Gasteiger partial charge in [-0.05, 0) is 36.4 Å². The van der Waals surface area contributed by atoms with E-state index in [1.54, 1.807) is 0 Å². The molecule has 0 aliphatic carbocycles. The molecule has 62 heavy (non-hydrogen) atoms. The Balaban J connectivity index is -0.000000293. The van der Waals surface area contributed by atoms with E-state index in [4.69, 9.17) is 36.5 Å². The number of halogens is 1. The minimum absolute atomic E-state index is 0. The van der Waals surface area contributed by atoms with E-state index in [0.717, 1.165) is 9.13 Å². The summed E-state index contributed by atoms with van der Waals surface area (Å²) in [6.07, 6.45) is 0.632. The quantitative estimate of drug-likeness (QED) is 0.0322. The molecule has 0 radical (unpaired) electrons. The molecule has 2 unspecified atom stereocenters. The number of carbonyl (C=O) groups excluding carboxylic acids is 3. The third kappa shape index (κ3) is 19.7. The first-order valence-corrected chi connectivity index (χ1v) is 21.4. The number of nitrogens with one attached hydrogen (secondary N) is 1. The number of methoxy groups -OCH3 is 2. The molecule has 0 saturated heterocycles. The van der Waals surface area contributed by atoms with Gasteiger partial charge in [-0.2, -0.15) is 0 Å². The Morgan fingerprint density at radius 2 is 1.26 bits per heavy atom. The maximum atomic E-state index is 12.7. The molecule has 344 valence electrons. The van der Waals surface area contributed by atoms with E-state index in [2.05, 4.69) is 14.9 Å². The van der Waals surface area contributed by atoms with E-state index in [1.807, 2.05) is 68.5 Å². The molecule has 0 saturated carbocycles. The normalized spacial score (nSPS) is 11.6. The number of nitrogens with two attached hydrogens (primary N) is 1. The van der Waals surface area contributed by atoms with E-state index in [-0.39, 0.29) is 115 Å². The molecular weight excluding hydrogens is 886 g/mol. The molecule has 0 fully saturated rings. The van der Waals surface area contributed by atoms with Crippen LogP contribution in [0.5, 0.6) is 0 Å². The van der Waals surface area contributed by atoms with Crippen LogP contribution in [0.25, 0.3) is 0 Å². The Kier molecular flexibility index (Phi) is 31.6. The van der Waals surface area contributed by atoms with Gasteiger partial charge in [-0.25, -0.2) is 14.4 Å². The summed E-state index contributed by atoms with van der Waals surface area (Å²) < 4.78 is 18.8. The number of anilines is 1. The molecule has 0 amide bonds. The van der Waals surface area contributed by atoms with Crippen LogP contribution in [0.4, 0.5) is 17.2 Å². The number of carbonyl (C=O) groups is 3. The standard InChI is InChI=1S/C19H34N4O7Si.C9H12ClN3O4.C5H11NO2.CH2O3.2Na.H/c1-12(2)10-22-15(14(23(27)28)16(24)21(6)18(22)26)20-13(17(25)29-7)11-30-31(8,9)19(3,4)5;1-5(2)4-12-7(10)6(13(16)17)8(14)11(3)9(12)15;1-3-4(6)5(7)8-2;2-1-4-3;;;/h12-13,20H,10-11H2,1-9H3;5H,4H2,1-3H3;4H,3,6H2,1-2H3;1,3H;;;/q;;;;2*+1;-1/p-1. The Labute approximate surface area is 409 Å². The Morgan fingerprint density at radius 1 is 0.871 bits per heavy atom. The maximum Gasteiger partial charge on any atom is 1.00 e. The molecule has 3 N–H and O–H groups in total. The van der Waals surface area contributed by atoms with Gasteiger partial charge in [0, 0.05) is 27.2 Å². The number of hydrogen-bond acceptors (Lipinski definition) is 18. The van der Waals surface area contributed by atoms with E-state index in [0.29, 0.717) is 15.6 Å². The molecule has 0 aliphatic rings. The number of rotatable bonds is 15. The average molecular weight is 945 g/mol. The average Bonchev–Trinajstić information content (AvgIpc) is 3.16. The molecule has 0 aliphatic heterocycles. The van der Waals surface area contributed by atoms with Crippen LogP contribution in [0.3, 0.4) is 0 Å². The molecule has 24 nitrogen and oxygen atoms in total. The van der Waals surface area contributed by atoms with Gasteiger partial charge in [0.25, 0.3) is 6.47 Å². The zero-order valence-corrected chi connectivity index (χ0v) is 44.1. The third-order valence-corrected chi connectivity index (χ3v) is 13.5. The van der Waals surface area contributed by atoms with Gasteiger partial charge in [0.1, 0.15) is 12.1 Å². The summed E-state index contributed by atoms with van der Waals surface area (Å²) in [7, 11) is 2.61. The molecule has 0 spiro atoms. The van der Waals surface area contributed by atoms with Crippen molar-refractivity contribution in [2.24, 2.45) is 31.7 Å². The molecule has 2 aromatic rings. The van der Waals surface area contributed by atoms with Crippen LogP contribution in [0.15, 0.2) is 19.2 Å². The summed E-state index contributed by atoms with van der Waals surface area (Å²) in [5.41, 5.74) is 0.234. The van der Waals surface area contributed by atoms with Crippen molar-refractivity contribution in [3.8, 4) is 0 Å². The molecule has 2 atom stereocenters. The van der Waals surface area contributed by atoms with Gasteiger partial charge in [0.2, 0.25) is 0 Å². The van der Waals surface area contributed by atoms with E-state index >= 15 is 0 Å². The van der Waals surface area contributed by atoms with Crippen LogP contribution in [0.2, 0.25) is 23.3 Å². The van der Waals surface area contributed by atoms with Gasteiger partial charge in [-0.15, -0.1) is 0 Å². The van der Waals surface area contributed by atoms with Crippen molar-refractivity contribution in [1.82, 2.24) is 18.3 Å². The number of esters is 2. The second-order valence-corrected chi connectivity index (χ2v) is 20.3. The van der Waals surface area contributed by atoms with Gasteiger partial charge >= 0.3 is 105 Å². The summed E-state index contributed by atoms with van der Waals surface area (Å²) in [6, 6.07) is -1.59. The number of nitrogens with zero attached hydrogens (tertiary/aromatic N) is 6. The van der Waals surface area contributed by atoms with Crippen molar-refractivity contribution >= 4 is 55.5 Å². The van der Waals surface area contributed by atoms with Crippen LogP contribution in [0, 0.1) is 32.1 Å². The first kappa shape index (κ1) is 65.4. The molecule has 28 heteroatoms. The summed E-state index contributed by atoms with van der Waals surface area (Å²) in [5.74, 6) is -1.39. The van der Waals surface area contributed by atoms with Gasteiger partial charge < -0.3 is 36.5 Å². The molecule has 0 bridgehead atoms. The number of aromatic nitrogens is 4. The van der Waals surface area contributed by atoms with Crippen LogP contribution >= 0.6 is 11.6 Å². The van der Waals surface area contributed by atoms with E-state index < -0.39 is 75.2 Å². The third-order valence-electron chi connectivity index (χ3n) is 8.63. The molecule has 0 aromatic carbocycles. The predicted octanol–water partition coefficient (Wildman–Crippen LogP) is -4.70. The maximum absolute atomic E-state index is 12.7. The first-order chi connectivity index (χ1) is 27.4. The van der Waals surface area contributed by atoms with Crippen molar-refractivity contribution in [3.63, 3.8) is 0 Å². The Bertz CT molecular complexity index is 2060. The zero-order chi connectivity index (χ0) is 47.6. The van der Waals surface area contributed by atoms with Crippen LogP contribution < -0.4 is 97.9 Å². The second-order valence-electron chi connectivity index (χ2n) is 15.2. The minimum Gasteiger partial charge on any atom is -1.00 e. The smallest absolute Gasteiger partial charge is 1.00 e. The molecule has 2 rings (SSSR count). The fourth-order valence-corrected chi connectivity index (χ4v) is 5.61. The topological polar surface area (TPSA) is 324 Å². The van der Waals surface area contributed by atoms with Crippen molar-refractivity contribution < 1.29 is 109 Å². The molecular formula is C34H59ClN8Na2O16Si. The van der Waals surface area contributed by atoms with Crippen LogP contribution in [-0.2, 0) is 60.4 Å². The van der Waals surface area contributed by atoms with E-state index in [1.165, 1.54) is 28.3 Å². The molecule has 2 heterocycles. The summed E-state index contributed by atoms with van der Waals surface area (Å²) in [6.45, 7) is 19.3. The van der Waals surface area contributed by atoms with Crippen LogP contribution in [0.1, 0.15) is 63.2 Å². The Morgan fingerprint density at radius 3 is 1.58 bits per heavy atom. The summed E-state index contributed by atoms with van der Waals surface area (Å²) in [5, 5.41) is 33.0. The van der Waals surface area contributed by atoms with Gasteiger partial charge in [0.15, 0.2) is 19.3 Å². The minimum atomic E-state index is -2.27. The number of hydrogen-bond donors (Lipinski definition) is 2. The predicted molar refractivity (Wildman–Crippen MR) is 221 cm³/mol. The summed E-state index contributed by atoms with van der Waals surface area (Å²) in [4.78, 5) is 103. The first-order valence-electron chi connectivity index (χ1n) is 18.1. The van der Waals surface area contributed by atoms with Crippen molar-refractivity contribution in [3.05, 3.63) is 67.1 Å². The fraction of sp³-hybridized carbons (Fsp3) is 0.676. The number of nitro groups is 2. The van der Waals surface area contributed by atoms with Gasteiger partial charge in [-0.3, -0.25) is 57.7 Å².